The summed E-state index contributed by atoms with van der Waals surface area (Å²) >= 11 is 0. The van der Waals surface area contributed by atoms with Crippen molar-refractivity contribution in [3.8, 4) is 11.8 Å². The Kier molecular flexibility index (Phi) is 2.68. The van der Waals surface area contributed by atoms with E-state index in [4.69, 9.17) is 0 Å². The second-order valence-electron chi connectivity index (χ2n) is 6.41. The minimum absolute atomic E-state index is 0.0948. The summed E-state index contributed by atoms with van der Waals surface area (Å²) in [5.74, 6) is 5.99. The Bertz CT molecular complexity index is 658. The van der Waals surface area contributed by atoms with Gasteiger partial charge in [-0.2, -0.15) is 0 Å². The van der Waals surface area contributed by atoms with E-state index < -0.39 is 5.60 Å². The first-order chi connectivity index (χ1) is 9.36. The molecule has 2 nitrogen and oxygen atoms in total. The highest BCUT2D eigenvalue weighted by atomic mass is 16.3. The molecule has 0 amide bonds. The molecule has 0 aromatic heterocycles. The van der Waals surface area contributed by atoms with Crippen LogP contribution in [0, 0.1) is 29.1 Å². The standard InChI is InChI=1S/C18H18O2/c1-12-11-18(20,10-9-13-7-5-4-6-8-13)16-14(15(12)19)17(16,2)3/h4-8,11,14,16,20H,1-3H3/t14-,16+,18-/m1/s1. The normalized spacial score (nSPS) is 33.6. The fourth-order valence-electron chi connectivity index (χ4n) is 3.49. The molecule has 3 rings (SSSR count). The highest BCUT2D eigenvalue weighted by Crippen LogP contribution is 2.66. The van der Waals surface area contributed by atoms with Gasteiger partial charge in [-0.25, -0.2) is 0 Å². The van der Waals surface area contributed by atoms with Gasteiger partial charge in [-0.1, -0.05) is 43.9 Å². The van der Waals surface area contributed by atoms with E-state index >= 15 is 0 Å². The summed E-state index contributed by atoms with van der Waals surface area (Å²) < 4.78 is 0. The predicted molar refractivity (Wildman–Crippen MR) is 77.8 cm³/mol. The van der Waals surface area contributed by atoms with Gasteiger partial charge < -0.3 is 5.11 Å². The van der Waals surface area contributed by atoms with Crippen LogP contribution in [0.15, 0.2) is 42.0 Å². The van der Waals surface area contributed by atoms with Gasteiger partial charge in [0.25, 0.3) is 0 Å². The number of hydrogen-bond donors (Lipinski definition) is 1. The molecule has 1 N–H and O–H groups in total. The van der Waals surface area contributed by atoms with Crippen LogP contribution in [0.3, 0.4) is 0 Å². The molecule has 1 aromatic rings. The average molecular weight is 266 g/mol. The van der Waals surface area contributed by atoms with Crippen LogP contribution in [0.4, 0.5) is 0 Å². The van der Waals surface area contributed by atoms with Gasteiger partial charge in [-0.15, -0.1) is 0 Å². The van der Waals surface area contributed by atoms with Crippen molar-refractivity contribution in [3.05, 3.63) is 47.5 Å². The third-order valence-corrected chi connectivity index (χ3v) is 4.59. The minimum atomic E-state index is -1.19. The van der Waals surface area contributed by atoms with Crippen LogP contribution in [-0.4, -0.2) is 16.5 Å². The molecule has 0 saturated heterocycles. The summed E-state index contributed by atoms with van der Waals surface area (Å²) in [5, 5.41) is 10.9. The number of ketones is 1. The molecular weight excluding hydrogens is 248 g/mol. The molecule has 0 unspecified atom stereocenters. The van der Waals surface area contributed by atoms with Gasteiger partial charge in [0, 0.05) is 17.4 Å². The fraction of sp³-hybridized carbons (Fsp3) is 0.389. The van der Waals surface area contributed by atoms with E-state index in [1.165, 1.54) is 0 Å². The third kappa shape index (κ3) is 1.82. The largest absolute Gasteiger partial charge is 0.374 e. The Morgan fingerprint density at radius 3 is 2.50 bits per heavy atom. The van der Waals surface area contributed by atoms with E-state index in [0.29, 0.717) is 5.57 Å². The zero-order valence-electron chi connectivity index (χ0n) is 12.0. The van der Waals surface area contributed by atoms with Crippen LogP contribution < -0.4 is 0 Å². The lowest BCUT2D eigenvalue weighted by Gasteiger charge is -2.23. The maximum atomic E-state index is 12.1. The van der Waals surface area contributed by atoms with Crippen LogP contribution in [0.25, 0.3) is 0 Å². The van der Waals surface area contributed by atoms with Crippen LogP contribution in [0.5, 0.6) is 0 Å². The number of rotatable bonds is 0. The SMILES string of the molecule is CC1=C[C@](O)(C#Cc2ccccc2)[C@H]2[C@@H](C1=O)C2(C)C. The zero-order chi connectivity index (χ0) is 14.5. The minimum Gasteiger partial charge on any atom is -0.374 e. The van der Waals surface area contributed by atoms with Gasteiger partial charge in [0.15, 0.2) is 5.78 Å². The molecule has 1 aromatic carbocycles. The van der Waals surface area contributed by atoms with Gasteiger partial charge in [0.1, 0.15) is 5.60 Å². The Balaban J connectivity index is 2.00. The second kappa shape index (κ2) is 4.07. The van der Waals surface area contributed by atoms with E-state index in [0.717, 1.165) is 5.56 Å². The smallest absolute Gasteiger partial charge is 0.162 e. The number of allylic oxidation sites excluding steroid dienone is 1. The topological polar surface area (TPSA) is 37.3 Å². The lowest BCUT2D eigenvalue weighted by Crippen LogP contribution is -2.33. The summed E-state index contributed by atoms with van der Waals surface area (Å²) in [5.41, 5.74) is 0.133. The third-order valence-electron chi connectivity index (χ3n) is 4.59. The molecule has 2 heteroatoms. The van der Waals surface area contributed by atoms with Crippen molar-refractivity contribution >= 4 is 5.78 Å². The number of aliphatic hydroxyl groups is 1. The van der Waals surface area contributed by atoms with Crippen LogP contribution in [0.1, 0.15) is 26.3 Å². The summed E-state index contributed by atoms with van der Waals surface area (Å²) in [6.07, 6.45) is 1.64. The number of carbonyl (C=O) groups is 1. The van der Waals surface area contributed by atoms with E-state index in [1.54, 1.807) is 13.0 Å². The molecular formula is C18H18O2. The van der Waals surface area contributed by atoms with Gasteiger partial charge in [-0.3, -0.25) is 4.79 Å². The van der Waals surface area contributed by atoms with Crippen molar-refractivity contribution in [2.24, 2.45) is 17.3 Å². The first-order valence-electron chi connectivity index (χ1n) is 6.90. The molecule has 0 spiro atoms. The first-order valence-corrected chi connectivity index (χ1v) is 6.90. The van der Waals surface area contributed by atoms with Crippen molar-refractivity contribution in [2.45, 2.75) is 26.4 Å². The van der Waals surface area contributed by atoms with E-state index in [-0.39, 0.29) is 23.0 Å². The molecule has 1 saturated carbocycles. The first kappa shape index (κ1) is 13.1. The molecule has 3 atom stereocenters. The summed E-state index contributed by atoms with van der Waals surface area (Å²) in [6, 6.07) is 9.60. The van der Waals surface area contributed by atoms with E-state index in [9.17, 15) is 9.90 Å². The van der Waals surface area contributed by atoms with Gasteiger partial charge in [0.2, 0.25) is 0 Å². The maximum Gasteiger partial charge on any atom is 0.162 e. The van der Waals surface area contributed by atoms with Crippen molar-refractivity contribution in [3.63, 3.8) is 0 Å². The number of fused-ring (bicyclic) bond motifs is 1. The molecule has 20 heavy (non-hydrogen) atoms. The molecule has 0 heterocycles. The van der Waals surface area contributed by atoms with Crippen LogP contribution in [0.2, 0.25) is 0 Å². The predicted octanol–water partition coefficient (Wildman–Crippen LogP) is 2.57. The fourth-order valence-corrected chi connectivity index (χ4v) is 3.49. The van der Waals surface area contributed by atoms with E-state index in [1.807, 2.05) is 44.2 Å². The monoisotopic (exact) mass is 266 g/mol. The Labute approximate surface area is 119 Å². The zero-order valence-corrected chi connectivity index (χ0v) is 12.0. The Hall–Kier alpha value is -1.85. The summed E-state index contributed by atoms with van der Waals surface area (Å²) in [4.78, 5) is 12.1. The lowest BCUT2D eigenvalue weighted by atomic mass is 9.86. The van der Waals surface area contributed by atoms with Crippen molar-refractivity contribution in [2.75, 3.05) is 0 Å². The number of hydrogen-bond acceptors (Lipinski definition) is 2. The lowest BCUT2D eigenvalue weighted by molar-refractivity contribution is -0.118. The van der Waals surface area contributed by atoms with Crippen molar-refractivity contribution < 1.29 is 9.90 Å². The van der Waals surface area contributed by atoms with Gasteiger partial charge in [-0.05, 0) is 36.1 Å². The quantitative estimate of drug-likeness (QED) is 0.733. The molecule has 0 bridgehead atoms. The molecule has 0 aliphatic heterocycles. The summed E-state index contributed by atoms with van der Waals surface area (Å²) in [7, 11) is 0. The highest BCUT2D eigenvalue weighted by molar-refractivity contribution is 6.01. The summed E-state index contributed by atoms with van der Waals surface area (Å²) in [6.45, 7) is 5.83. The van der Waals surface area contributed by atoms with Crippen LogP contribution >= 0.6 is 0 Å². The number of benzene rings is 1. The van der Waals surface area contributed by atoms with E-state index in [2.05, 4.69) is 11.8 Å². The molecule has 102 valence electrons. The maximum absolute atomic E-state index is 12.1. The Morgan fingerprint density at radius 2 is 1.85 bits per heavy atom. The molecule has 0 radical (unpaired) electrons. The molecule has 1 fully saturated rings. The van der Waals surface area contributed by atoms with Crippen molar-refractivity contribution in [1.82, 2.24) is 0 Å². The van der Waals surface area contributed by atoms with Crippen LogP contribution in [-0.2, 0) is 4.79 Å². The Morgan fingerprint density at radius 1 is 1.20 bits per heavy atom. The molecule has 2 aliphatic rings. The van der Waals surface area contributed by atoms with Crippen molar-refractivity contribution in [1.29, 1.82) is 0 Å². The molecule has 2 aliphatic carbocycles. The van der Waals surface area contributed by atoms with Gasteiger partial charge in [0.05, 0.1) is 0 Å². The number of Topliss-reactive ketones (excluding diaryl/α,β-unsaturated/α-hetero) is 1. The average Bonchev–Trinajstić information content (AvgIpc) is 3.00. The second-order valence-corrected chi connectivity index (χ2v) is 6.41. The van der Waals surface area contributed by atoms with Gasteiger partial charge >= 0.3 is 0 Å². The number of carbonyl (C=O) groups excluding carboxylic acids is 1. The highest BCUT2D eigenvalue weighted by Gasteiger charge is 2.70.